The molecule has 0 atom stereocenters. The van der Waals surface area contributed by atoms with Crippen LogP contribution in [0.5, 0.6) is 0 Å². The van der Waals surface area contributed by atoms with Crippen molar-refractivity contribution < 1.29 is 14.3 Å². The fourth-order valence-corrected chi connectivity index (χ4v) is 2.11. The maximum Gasteiger partial charge on any atom is 0.228 e. The highest BCUT2D eigenvalue weighted by Crippen LogP contribution is 2.32. The van der Waals surface area contributed by atoms with E-state index in [9.17, 15) is 4.79 Å². The summed E-state index contributed by atoms with van der Waals surface area (Å²) in [6, 6.07) is 8.01. The van der Waals surface area contributed by atoms with Crippen LogP contribution < -0.4 is 4.90 Å². The number of hydrogen-bond acceptors (Lipinski definition) is 3. The Balaban J connectivity index is 3.01. The zero-order valence-corrected chi connectivity index (χ0v) is 13.8. The van der Waals surface area contributed by atoms with Crippen molar-refractivity contribution in [3.63, 3.8) is 0 Å². The molecule has 0 saturated carbocycles. The van der Waals surface area contributed by atoms with E-state index in [4.69, 9.17) is 9.47 Å². The predicted octanol–water partition coefficient (Wildman–Crippen LogP) is 3.35. The van der Waals surface area contributed by atoms with Gasteiger partial charge in [-0.3, -0.25) is 9.69 Å². The SMILES string of the molecule is CCC(=O)N(COCCOC)c1ccccc1C(C)(C)C. The summed E-state index contributed by atoms with van der Waals surface area (Å²) in [5.74, 6) is 0.0594. The number of para-hydroxylation sites is 1. The molecule has 0 bridgehead atoms. The Morgan fingerprint density at radius 3 is 2.43 bits per heavy atom. The summed E-state index contributed by atoms with van der Waals surface area (Å²) < 4.78 is 10.5. The van der Waals surface area contributed by atoms with Crippen LogP contribution in [0.25, 0.3) is 0 Å². The fraction of sp³-hybridized carbons (Fsp3) is 0.588. The lowest BCUT2D eigenvalue weighted by atomic mass is 9.85. The highest BCUT2D eigenvalue weighted by molar-refractivity contribution is 5.93. The van der Waals surface area contributed by atoms with E-state index < -0.39 is 0 Å². The molecule has 1 aromatic carbocycles. The Morgan fingerprint density at radius 1 is 1.19 bits per heavy atom. The first kappa shape index (κ1) is 17.7. The van der Waals surface area contributed by atoms with Gasteiger partial charge in [-0.25, -0.2) is 0 Å². The van der Waals surface area contributed by atoms with Crippen molar-refractivity contribution >= 4 is 11.6 Å². The molecule has 0 aromatic heterocycles. The highest BCUT2D eigenvalue weighted by Gasteiger charge is 2.23. The summed E-state index contributed by atoms with van der Waals surface area (Å²) >= 11 is 0. The van der Waals surface area contributed by atoms with Crippen molar-refractivity contribution in [2.45, 2.75) is 39.5 Å². The van der Waals surface area contributed by atoms with E-state index in [2.05, 4.69) is 26.8 Å². The van der Waals surface area contributed by atoms with Gasteiger partial charge in [0, 0.05) is 19.2 Å². The van der Waals surface area contributed by atoms with Crippen LogP contribution in [0, 0.1) is 0 Å². The molecule has 1 amide bonds. The third-order valence-corrected chi connectivity index (χ3v) is 3.26. The molecule has 1 rings (SSSR count). The summed E-state index contributed by atoms with van der Waals surface area (Å²) in [7, 11) is 1.63. The Bertz CT molecular complexity index is 452. The molecule has 0 N–H and O–H groups in total. The van der Waals surface area contributed by atoms with Gasteiger partial charge in [0.25, 0.3) is 0 Å². The third-order valence-electron chi connectivity index (χ3n) is 3.26. The molecule has 0 aliphatic heterocycles. The molecule has 21 heavy (non-hydrogen) atoms. The van der Waals surface area contributed by atoms with E-state index in [-0.39, 0.29) is 18.1 Å². The first-order valence-electron chi connectivity index (χ1n) is 7.38. The number of methoxy groups -OCH3 is 1. The summed E-state index contributed by atoms with van der Waals surface area (Å²) in [5, 5.41) is 0. The maximum absolute atomic E-state index is 12.3. The minimum Gasteiger partial charge on any atom is -0.382 e. The summed E-state index contributed by atoms with van der Waals surface area (Å²) in [6.45, 7) is 9.55. The van der Waals surface area contributed by atoms with Crippen molar-refractivity contribution in [2.75, 3.05) is 32.0 Å². The number of amides is 1. The quantitative estimate of drug-likeness (QED) is 0.571. The van der Waals surface area contributed by atoms with Gasteiger partial charge in [-0.1, -0.05) is 45.9 Å². The zero-order valence-electron chi connectivity index (χ0n) is 13.8. The smallest absolute Gasteiger partial charge is 0.228 e. The normalized spacial score (nSPS) is 11.5. The summed E-state index contributed by atoms with van der Waals surface area (Å²) in [4.78, 5) is 14.0. The van der Waals surface area contributed by atoms with Crippen molar-refractivity contribution in [1.82, 2.24) is 0 Å². The number of benzene rings is 1. The number of anilines is 1. The van der Waals surface area contributed by atoms with Gasteiger partial charge < -0.3 is 9.47 Å². The van der Waals surface area contributed by atoms with Crippen molar-refractivity contribution in [1.29, 1.82) is 0 Å². The van der Waals surface area contributed by atoms with E-state index in [1.807, 2.05) is 25.1 Å². The van der Waals surface area contributed by atoms with E-state index in [0.717, 1.165) is 11.3 Å². The molecule has 0 aliphatic rings. The Morgan fingerprint density at radius 2 is 1.86 bits per heavy atom. The average Bonchev–Trinajstić information content (AvgIpc) is 2.46. The molecular formula is C17H27NO3. The van der Waals surface area contributed by atoms with Gasteiger partial charge >= 0.3 is 0 Å². The number of hydrogen-bond donors (Lipinski definition) is 0. The van der Waals surface area contributed by atoms with Crippen molar-refractivity contribution in [2.24, 2.45) is 0 Å². The van der Waals surface area contributed by atoms with Crippen LogP contribution in [0.15, 0.2) is 24.3 Å². The lowest BCUT2D eigenvalue weighted by Gasteiger charge is -2.29. The minimum atomic E-state index is -0.0323. The Hall–Kier alpha value is -1.39. The molecule has 4 heteroatoms. The highest BCUT2D eigenvalue weighted by atomic mass is 16.5. The molecule has 0 spiro atoms. The van der Waals surface area contributed by atoms with Gasteiger partial charge in [0.1, 0.15) is 6.73 Å². The first-order chi connectivity index (χ1) is 9.91. The van der Waals surface area contributed by atoms with Crippen molar-refractivity contribution in [3.05, 3.63) is 29.8 Å². The van der Waals surface area contributed by atoms with Crippen LogP contribution in [0.1, 0.15) is 39.7 Å². The summed E-state index contributed by atoms with van der Waals surface area (Å²) in [5.41, 5.74) is 2.03. The van der Waals surface area contributed by atoms with Gasteiger partial charge in [0.05, 0.1) is 13.2 Å². The minimum absolute atomic E-state index is 0.0323. The number of rotatable bonds is 7. The molecule has 1 aromatic rings. The third kappa shape index (κ3) is 5.14. The molecule has 0 saturated heterocycles. The number of carbonyl (C=O) groups excluding carboxylic acids is 1. The maximum atomic E-state index is 12.3. The fourth-order valence-electron chi connectivity index (χ4n) is 2.11. The summed E-state index contributed by atoms with van der Waals surface area (Å²) in [6.07, 6.45) is 0.451. The Labute approximate surface area is 128 Å². The average molecular weight is 293 g/mol. The molecule has 0 aliphatic carbocycles. The van der Waals surface area contributed by atoms with Crippen LogP contribution in [0.2, 0.25) is 0 Å². The van der Waals surface area contributed by atoms with Crippen LogP contribution >= 0.6 is 0 Å². The standard InChI is InChI=1S/C17H27NO3/c1-6-16(19)18(13-21-12-11-20-5)15-10-8-7-9-14(15)17(2,3)4/h7-10H,6,11-13H2,1-5H3. The van der Waals surface area contributed by atoms with Gasteiger partial charge in [0.15, 0.2) is 0 Å². The first-order valence-corrected chi connectivity index (χ1v) is 7.38. The monoisotopic (exact) mass is 293 g/mol. The van der Waals surface area contributed by atoms with Crippen molar-refractivity contribution in [3.8, 4) is 0 Å². The topological polar surface area (TPSA) is 38.8 Å². The van der Waals surface area contributed by atoms with E-state index >= 15 is 0 Å². The molecule has 4 nitrogen and oxygen atoms in total. The number of carbonyl (C=O) groups is 1. The largest absolute Gasteiger partial charge is 0.382 e. The van der Waals surface area contributed by atoms with Crippen LogP contribution in [-0.2, 0) is 19.7 Å². The molecule has 0 fully saturated rings. The van der Waals surface area contributed by atoms with Gasteiger partial charge in [-0.05, 0) is 17.0 Å². The number of nitrogens with zero attached hydrogens (tertiary/aromatic N) is 1. The molecule has 118 valence electrons. The molecular weight excluding hydrogens is 266 g/mol. The predicted molar refractivity (Wildman–Crippen MR) is 85.6 cm³/mol. The Kier molecular flexibility index (Phi) is 6.85. The molecule has 0 heterocycles. The second-order valence-corrected chi connectivity index (χ2v) is 5.97. The van der Waals surface area contributed by atoms with E-state index in [1.54, 1.807) is 12.0 Å². The van der Waals surface area contributed by atoms with E-state index in [1.165, 1.54) is 0 Å². The molecule has 0 radical (unpaired) electrons. The van der Waals surface area contributed by atoms with Gasteiger partial charge in [-0.15, -0.1) is 0 Å². The van der Waals surface area contributed by atoms with Crippen LogP contribution in [-0.4, -0.2) is 33.0 Å². The van der Waals surface area contributed by atoms with Crippen LogP contribution in [0.4, 0.5) is 5.69 Å². The lowest BCUT2D eigenvalue weighted by molar-refractivity contribution is -0.119. The number of ether oxygens (including phenoxy) is 2. The van der Waals surface area contributed by atoms with Gasteiger partial charge in [-0.2, -0.15) is 0 Å². The lowest BCUT2D eigenvalue weighted by Crippen LogP contribution is -2.35. The van der Waals surface area contributed by atoms with Crippen LogP contribution in [0.3, 0.4) is 0 Å². The second-order valence-electron chi connectivity index (χ2n) is 5.97. The molecule has 0 unspecified atom stereocenters. The zero-order chi connectivity index (χ0) is 15.9. The van der Waals surface area contributed by atoms with E-state index in [0.29, 0.717) is 19.6 Å². The van der Waals surface area contributed by atoms with Gasteiger partial charge in [0.2, 0.25) is 5.91 Å². The second kappa shape index (κ2) is 8.15.